The Morgan fingerprint density at radius 3 is 2.50 bits per heavy atom. The van der Waals surface area contributed by atoms with Crippen LogP contribution in [-0.4, -0.2) is 54.3 Å². The number of nitrogens with zero attached hydrogens (tertiary/aromatic N) is 2. The Morgan fingerprint density at radius 2 is 1.92 bits per heavy atom. The zero-order chi connectivity index (χ0) is 18.0. The monoisotopic (exact) mass is 373 g/mol. The van der Waals surface area contributed by atoms with Crippen molar-refractivity contribution in [2.24, 2.45) is 5.41 Å². The molecule has 4 nitrogen and oxygen atoms in total. The van der Waals surface area contributed by atoms with Gasteiger partial charge < -0.3 is 15.1 Å². The second-order valence-corrected chi connectivity index (χ2v) is 9.23. The lowest BCUT2D eigenvalue weighted by Crippen LogP contribution is -2.44. The van der Waals surface area contributed by atoms with Crippen molar-refractivity contribution in [2.45, 2.75) is 56.0 Å². The number of urea groups is 1. The molecular weight excluding hydrogens is 342 g/mol. The van der Waals surface area contributed by atoms with Crippen molar-refractivity contribution >= 4 is 17.8 Å². The number of carbonyl (C=O) groups is 1. The van der Waals surface area contributed by atoms with E-state index < -0.39 is 0 Å². The van der Waals surface area contributed by atoms with Gasteiger partial charge in [0.15, 0.2) is 0 Å². The maximum Gasteiger partial charge on any atom is 0.317 e. The van der Waals surface area contributed by atoms with E-state index in [-0.39, 0.29) is 6.03 Å². The molecule has 1 aromatic rings. The zero-order valence-electron chi connectivity index (χ0n) is 15.9. The van der Waals surface area contributed by atoms with Gasteiger partial charge in [0.25, 0.3) is 0 Å². The van der Waals surface area contributed by atoms with Crippen LogP contribution in [0.5, 0.6) is 0 Å². The van der Waals surface area contributed by atoms with Crippen LogP contribution in [0.2, 0.25) is 0 Å². The van der Waals surface area contributed by atoms with Crippen molar-refractivity contribution < 1.29 is 4.79 Å². The molecule has 0 bridgehead atoms. The highest BCUT2D eigenvalue weighted by molar-refractivity contribution is 7.98. The van der Waals surface area contributed by atoms with Gasteiger partial charge in [0.1, 0.15) is 0 Å². The first-order valence-electron chi connectivity index (χ1n) is 10.1. The van der Waals surface area contributed by atoms with E-state index >= 15 is 0 Å². The van der Waals surface area contributed by atoms with Crippen molar-refractivity contribution in [2.75, 3.05) is 32.4 Å². The van der Waals surface area contributed by atoms with Gasteiger partial charge in [0.05, 0.1) is 0 Å². The van der Waals surface area contributed by atoms with Crippen molar-refractivity contribution in [3.8, 4) is 0 Å². The van der Waals surface area contributed by atoms with E-state index in [0.717, 1.165) is 25.9 Å². The second-order valence-electron chi connectivity index (χ2n) is 8.35. The summed E-state index contributed by atoms with van der Waals surface area (Å²) in [5.41, 5.74) is 1.58. The van der Waals surface area contributed by atoms with E-state index in [2.05, 4.69) is 45.6 Å². The molecule has 4 rings (SSSR count). The zero-order valence-corrected chi connectivity index (χ0v) is 16.7. The number of benzene rings is 1. The van der Waals surface area contributed by atoms with Crippen molar-refractivity contribution in [3.63, 3.8) is 0 Å². The molecule has 1 N–H and O–H groups in total. The highest BCUT2D eigenvalue weighted by Gasteiger charge is 2.45. The summed E-state index contributed by atoms with van der Waals surface area (Å²) in [6, 6.07) is 9.18. The van der Waals surface area contributed by atoms with Gasteiger partial charge >= 0.3 is 6.03 Å². The normalized spacial score (nSPS) is 21.6. The summed E-state index contributed by atoms with van der Waals surface area (Å²) in [5, 5.41) is 3.28. The summed E-state index contributed by atoms with van der Waals surface area (Å²) < 4.78 is 0. The fourth-order valence-corrected chi connectivity index (χ4v) is 4.44. The highest BCUT2D eigenvalue weighted by Crippen LogP contribution is 2.46. The molecule has 0 aromatic heterocycles. The molecule has 2 saturated carbocycles. The third kappa shape index (κ3) is 4.55. The van der Waals surface area contributed by atoms with Crippen LogP contribution in [0.4, 0.5) is 4.79 Å². The van der Waals surface area contributed by atoms with Gasteiger partial charge in [-0.25, -0.2) is 4.79 Å². The first kappa shape index (κ1) is 18.2. The van der Waals surface area contributed by atoms with Crippen molar-refractivity contribution in [1.82, 2.24) is 15.1 Å². The van der Waals surface area contributed by atoms with Crippen LogP contribution in [-0.2, 0) is 6.54 Å². The molecule has 5 heteroatoms. The molecule has 1 aromatic carbocycles. The van der Waals surface area contributed by atoms with Gasteiger partial charge in [-0.3, -0.25) is 0 Å². The smallest absolute Gasteiger partial charge is 0.317 e. The minimum atomic E-state index is 0.133. The summed E-state index contributed by atoms with van der Waals surface area (Å²) in [6.45, 7) is 5.24. The molecule has 3 aliphatic rings. The second kappa shape index (κ2) is 7.81. The molecule has 0 atom stereocenters. The number of likely N-dealkylation sites (tertiary alicyclic amines) is 1. The molecule has 26 heavy (non-hydrogen) atoms. The third-order valence-electron chi connectivity index (χ3n) is 6.09. The standard InChI is InChI=1S/C21H31N3OS/c1-26-19-8-4-17(5-9-19)14-24(18-6-7-18)20(25)22-15-21(10-11-21)16-23-12-2-3-13-23/h4-5,8-9,18H,2-3,6-7,10-16H2,1H3,(H,22,25). The summed E-state index contributed by atoms with van der Waals surface area (Å²) in [6.07, 6.45) is 9.60. The number of nitrogens with one attached hydrogen (secondary N) is 1. The summed E-state index contributed by atoms with van der Waals surface area (Å²) in [4.78, 5) is 18.8. The Hall–Kier alpha value is -1.20. The molecule has 142 valence electrons. The molecule has 1 heterocycles. The van der Waals surface area contributed by atoms with E-state index in [4.69, 9.17) is 0 Å². The van der Waals surface area contributed by atoms with Crippen LogP contribution < -0.4 is 5.32 Å². The lowest BCUT2D eigenvalue weighted by Gasteiger charge is -2.27. The Labute approximate surface area is 161 Å². The maximum atomic E-state index is 12.9. The van der Waals surface area contributed by atoms with Gasteiger partial charge in [0.2, 0.25) is 0 Å². The van der Waals surface area contributed by atoms with Crippen molar-refractivity contribution in [3.05, 3.63) is 29.8 Å². The highest BCUT2D eigenvalue weighted by atomic mass is 32.2. The predicted octanol–water partition coefficient (Wildman–Crippen LogP) is 3.96. The molecule has 3 fully saturated rings. The van der Waals surface area contributed by atoms with E-state index in [9.17, 15) is 4.79 Å². The number of thioether (sulfide) groups is 1. The third-order valence-corrected chi connectivity index (χ3v) is 6.83. The fourth-order valence-electron chi connectivity index (χ4n) is 4.03. The van der Waals surface area contributed by atoms with Crippen molar-refractivity contribution in [1.29, 1.82) is 0 Å². The van der Waals surface area contributed by atoms with Crippen LogP contribution in [0.3, 0.4) is 0 Å². The van der Waals surface area contributed by atoms with E-state index in [1.165, 1.54) is 55.8 Å². The van der Waals surface area contributed by atoms with Gasteiger partial charge in [-0.2, -0.15) is 0 Å². The molecule has 0 unspecified atom stereocenters. The van der Waals surface area contributed by atoms with Crippen LogP contribution in [0, 0.1) is 5.41 Å². The van der Waals surface area contributed by atoms with E-state index in [1.807, 2.05) is 0 Å². The van der Waals surface area contributed by atoms with Gasteiger partial charge in [-0.05, 0) is 75.6 Å². The molecule has 1 saturated heterocycles. The Morgan fingerprint density at radius 1 is 1.23 bits per heavy atom. The van der Waals surface area contributed by atoms with E-state index in [0.29, 0.717) is 11.5 Å². The minimum absolute atomic E-state index is 0.133. The van der Waals surface area contributed by atoms with E-state index in [1.54, 1.807) is 11.8 Å². The first-order chi connectivity index (χ1) is 12.7. The van der Waals surface area contributed by atoms with Gasteiger partial charge in [0, 0.05) is 36.0 Å². The Kier molecular flexibility index (Phi) is 5.46. The predicted molar refractivity (Wildman–Crippen MR) is 108 cm³/mol. The van der Waals surface area contributed by atoms with Crippen LogP contribution in [0.15, 0.2) is 29.2 Å². The molecule has 0 spiro atoms. The molecule has 1 aliphatic heterocycles. The van der Waals surface area contributed by atoms with Crippen LogP contribution in [0.1, 0.15) is 44.1 Å². The Balaban J connectivity index is 1.31. The van der Waals surface area contributed by atoms with Gasteiger partial charge in [-0.15, -0.1) is 11.8 Å². The minimum Gasteiger partial charge on any atom is -0.337 e. The number of hydrogen-bond donors (Lipinski definition) is 1. The first-order valence-corrected chi connectivity index (χ1v) is 11.3. The summed E-state index contributed by atoms with van der Waals surface area (Å²) in [7, 11) is 0. The lowest BCUT2D eigenvalue weighted by atomic mass is 10.1. The Bertz CT molecular complexity index is 619. The number of rotatable bonds is 8. The largest absolute Gasteiger partial charge is 0.337 e. The number of amides is 2. The topological polar surface area (TPSA) is 35.6 Å². The summed E-state index contributed by atoms with van der Waals surface area (Å²) in [5.74, 6) is 0. The van der Waals surface area contributed by atoms with Gasteiger partial charge in [-0.1, -0.05) is 12.1 Å². The molecular formula is C21H31N3OS. The molecule has 2 aliphatic carbocycles. The summed E-state index contributed by atoms with van der Waals surface area (Å²) >= 11 is 1.76. The number of carbonyl (C=O) groups excluding carboxylic acids is 1. The van der Waals surface area contributed by atoms with Crippen LogP contribution >= 0.6 is 11.8 Å². The average molecular weight is 374 g/mol. The molecule has 2 amide bonds. The SMILES string of the molecule is CSc1ccc(CN(C(=O)NCC2(CN3CCCC3)CC2)C2CC2)cc1. The quantitative estimate of drug-likeness (QED) is 0.701. The lowest BCUT2D eigenvalue weighted by molar-refractivity contribution is 0.185. The average Bonchev–Trinajstić information content (AvgIpc) is 3.58. The van der Waals surface area contributed by atoms with Crippen LogP contribution in [0.25, 0.3) is 0 Å². The molecule has 0 radical (unpaired) electrons. The maximum absolute atomic E-state index is 12.9. The fraction of sp³-hybridized carbons (Fsp3) is 0.667. The number of hydrogen-bond acceptors (Lipinski definition) is 3.